The number of hydrogen-bond acceptors (Lipinski definition) is 4. The maximum Gasteiger partial charge on any atom is 0.264 e. The van der Waals surface area contributed by atoms with Crippen molar-refractivity contribution in [1.82, 2.24) is 10.2 Å². The molecule has 0 saturated heterocycles. The second-order valence-electron chi connectivity index (χ2n) is 9.81. The van der Waals surface area contributed by atoms with E-state index < -0.39 is 28.5 Å². The fraction of sp³-hybridized carbons (Fsp3) is 0.355. The Morgan fingerprint density at radius 3 is 2.18 bits per heavy atom. The number of unbranched alkanes of at least 4 members (excludes halogenated alkanes) is 1. The summed E-state index contributed by atoms with van der Waals surface area (Å²) in [5, 5.41) is 2.91. The maximum absolute atomic E-state index is 14.0. The van der Waals surface area contributed by atoms with E-state index in [-0.39, 0.29) is 17.3 Å². The Hall–Kier alpha value is -3.65. The van der Waals surface area contributed by atoms with Crippen LogP contribution in [0.1, 0.15) is 48.9 Å². The first kappa shape index (κ1) is 29.9. The molecule has 0 aliphatic carbocycles. The lowest BCUT2D eigenvalue weighted by Gasteiger charge is -2.33. The minimum atomic E-state index is -4.08. The topological polar surface area (TPSA) is 86.8 Å². The number of nitrogens with zero attached hydrogens (tertiary/aromatic N) is 2. The van der Waals surface area contributed by atoms with Crippen LogP contribution in [0.15, 0.2) is 77.7 Å². The van der Waals surface area contributed by atoms with Crippen LogP contribution in [0.4, 0.5) is 5.69 Å². The fourth-order valence-corrected chi connectivity index (χ4v) is 5.82. The molecule has 39 heavy (non-hydrogen) atoms. The number of carbonyl (C=O) groups is 2. The third kappa shape index (κ3) is 7.26. The van der Waals surface area contributed by atoms with Gasteiger partial charge in [-0.2, -0.15) is 0 Å². The van der Waals surface area contributed by atoms with E-state index in [0.717, 1.165) is 35.1 Å². The molecule has 208 valence electrons. The Balaban J connectivity index is 2.04. The van der Waals surface area contributed by atoms with E-state index in [0.29, 0.717) is 12.2 Å². The summed E-state index contributed by atoms with van der Waals surface area (Å²) in [6.45, 7) is 9.68. The predicted octanol–water partition coefficient (Wildman–Crippen LogP) is 5.14. The molecule has 8 heteroatoms. The quantitative estimate of drug-likeness (QED) is 0.317. The minimum Gasteiger partial charge on any atom is -0.354 e. The first-order valence-electron chi connectivity index (χ1n) is 13.3. The Morgan fingerprint density at radius 1 is 0.872 bits per heavy atom. The molecular weight excluding hydrogens is 510 g/mol. The summed E-state index contributed by atoms with van der Waals surface area (Å²) in [4.78, 5) is 28.7. The van der Waals surface area contributed by atoms with Gasteiger partial charge in [0.25, 0.3) is 10.0 Å². The van der Waals surface area contributed by atoms with Crippen molar-refractivity contribution in [3.05, 3.63) is 95.1 Å². The summed E-state index contributed by atoms with van der Waals surface area (Å²) < 4.78 is 29.0. The molecule has 0 heterocycles. The van der Waals surface area contributed by atoms with E-state index in [1.54, 1.807) is 37.3 Å². The minimum absolute atomic E-state index is 0.0921. The normalized spacial score (nSPS) is 12.0. The van der Waals surface area contributed by atoms with E-state index >= 15 is 0 Å². The molecule has 0 spiro atoms. The number of amides is 2. The van der Waals surface area contributed by atoms with E-state index in [1.807, 2.05) is 58.0 Å². The third-order valence-corrected chi connectivity index (χ3v) is 8.83. The molecule has 1 N–H and O–H groups in total. The molecule has 0 unspecified atom stereocenters. The van der Waals surface area contributed by atoms with Crippen LogP contribution in [-0.2, 0) is 26.2 Å². The lowest BCUT2D eigenvalue weighted by Crippen LogP contribution is -2.51. The van der Waals surface area contributed by atoms with Crippen molar-refractivity contribution in [1.29, 1.82) is 0 Å². The molecule has 0 fully saturated rings. The van der Waals surface area contributed by atoms with Crippen LogP contribution in [-0.4, -0.2) is 44.3 Å². The smallest absolute Gasteiger partial charge is 0.264 e. The molecule has 0 radical (unpaired) electrons. The lowest BCUT2D eigenvalue weighted by atomic mass is 10.1. The molecular formula is C31H39N3O4S. The van der Waals surface area contributed by atoms with Crippen LogP contribution in [0.2, 0.25) is 0 Å². The highest BCUT2D eigenvalue weighted by Crippen LogP contribution is 2.29. The highest BCUT2D eigenvalue weighted by molar-refractivity contribution is 7.92. The van der Waals surface area contributed by atoms with Crippen molar-refractivity contribution >= 4 is 27.5 Å². The van der Waals surface area contributed by atoms with Crippen LogP contribution in [0.25, 0.3) is 0 Å². The molecule has 7 nitrogen and oxygen atoms in total. The molecule has 0 saturated carbocycles. The van der Waals surface area contributed by atoms with Crippen LogP contribution < -0.4 is 9.62 Å². The zero-order valence-corrected chi connectivity index (χ0v) is 24.3. The monoisotopic (exact) mass is 549 g/mol. The Morgan fingerprint density at radius 2 is 1.51 bits per heavy atom. The van der Waals surface area contributed by atoms with Gasteiger partial charge in [0.2, 0.25) is 11.8 Å². The second kappa shape index (κ2) is 13.4. The fourth-order valence-electron chi connectivity index (χ4n) is 4.33. The van der Waals surface area contributed by atoms with Crippen LogP contribution in [0, 0.1) is 20.8 Å². The molecule has 3 aromatic carbocycles. The van der Waals surface area contributed by atoms with Gasteiger partial charge in [-0.3, -0.25) is 13.9 Å². The number of rotatable bonds is 12. The first-order chi connectivity index (χ1) is 18.6. The van der Waals surface area contributed by atoms with Gasteiger partial charge < -0.3 is 10.2 Å². The summed E-state index contributed by atoms with van der Waals surface area (Å²) in [5.74, 6) is -0.730. The Kier molecular flexibility index (Phi) is 10.3. The summed E-state index contributed by atoms with van der Waals surface area (Å²) in [6.07, 6.45) is 1.77. The molecule has 0 aromatic heterocycles. The van der Waals surface area contributed by atoms with Crippen LogP contribution in [0.5, 0.6) is 0 Å². The van der Waals surface area contributed by atoms with Gasteiger partial charge in [-0.15, -0.1) is 0 Å². The van der Waals surface area contributed by atoms with E-state index in [4.69, 9.17) is 0 Å². The number of anilines is 1. The second-order valence-corrected chi connectivity index (χ2v) is 11.7. The number of sulfonamides is 1. The van der Waals surface area contributed by atoms with Gasteiger partial charge in [-0.1, -0.05) is 67.9 Å². The van der Waals surface area contributed by atoms with Gasteiger partial charge in [0.05, 0.1) is 10.6 Å². The van der Waals surface area contributed by atoms with Crippen molar-refractivity contribution in [3.63, 3.8) is 0 Å². The largest absolute Gasteiger partial charge is 0.354 e. The highest BCUT2D eigenvalue weighted by Gasteiger charge is 2.33. The van der Waals surface area contributed by atoms with Crippen molar-refractivity contribution in [2.24, 2.45) is 0 Å². The molecule has 3 aromatic rings. The third-order valence-electron chi connectivity index (χ3n) is 7.05. The number of benzene rings is 3. The number of nitrogens with one attached hydrogen (secondary N) is 1. The molecule has 0 aliphatic heterocycles. The van der Waals surface area contributed by atoms with Crippen LogP contribution in [0.3, 0.4) is 0 Å². The molecule has 2 amide bonds. The van der Waals surface area contributed by atoms with Crippen molar-refractivity contribution < 1.29 is 18.0 Å². The number of carbonyl (C=O) groups excluding carboxylic acids is 2. The Bertz CT molecular complexity index is 1390. The van der Waals surface area contributed by atoms with Gasteiger partial charge in [-0.25, -0.2) is 8.42 Å². The zero-order chi connectivity index (χ0) is 28.6. The molecule has 0 bridgehead atoms. The average Bonchev–Trinajstić information content (AvgIpc) is 2.93. The van der Waals surface area contributed by atoms with Crippen molar-refractivity contribution in [3.8, 4) is 0 Å². The maximum atomic E-state index is 14.0. The SMILES string of the molecule is CCCCNC(=O)[C@H](C)N(Cc1ccccc1C)C(=O)CN(c1cccc(C)c1C)S(=O)(=O)c1ccccc1. The van der Waals surface area contributed by atoms with Crippen molar-refractivity contribution in [2.75, 3.05) is 17.4 Å². The van der Waals surface area contributed by atoms with Crippen LogP contribution >= 0.6 is 0 Å². The van der Waals surface area contributed by atoms with Gasteiger partial charge in [0.1, 0.15) is 12.6 Å². The van der Waals surface area contributed by atoms with Crippen molar-refractivity contribution in [2.45, 2.75) is 64.9 Å². The predicted molar refractivity (Wildman–Crippen MR) is 156 cm³/mol. The molecule has 3 rings (SSSR count). The highest BCUT2D eigenvalue weighted by atomic mass is 32.2. The van der Waals surface area contributed by atoms with Gasteiger partial charge in [-0.05, 0) is 74.6 Å². The number of aryl methyl sites for hydroxylation is 2. The summed E-state index contributed by atoms with van der Waals surface area (Å²) in [5.41, 5.74) is 3.98. The molecule has 1 atom stereocenters. The van der Waals surface area contributed by atoms with E-state index in [1.165, 1.54) is 21.3 Å². The first-order valence-corrected chi connectivity index (χ1v) is 14.8. The summed E-state index contributed by atoms with van der Waals surface area (Å²) in [6, 6.07) is 20.4. The van der Waals surface area contributed by atoms with Gasteiger partial charge >= 0.3 is 0 Å². The zero-order valence-electron chi connectivity index (χ0n) is 23.5. The molecule has 0 aliphatic rings. The average molecular weight is 550 g/mol. The summed E-state index contributed by atoms with van der Waals surface area (Å²) in [7, 11) is -4.08. The van der Waals surface area contributed by atoms with E-state index in [2.05, 4.69) is 5.32 Å². The van der Waals surface area contributed by atoms with Gasteiger partial charge in [0, 0.05) is 13.1 Å². The lowest BCUT2D eigenvalue weighted by molar-refractivity contribution is -0.139. The summed E-state index contributed by atoms with van der Waals surface area (Å²) >= 11 is 0. The van der Waals surface area contributed by atoms with Gasteiger partial charge in [0.15, 0.2) is 0 Å². The van der Waals surface area contributed by atoms with E-state index in [9.17, 15) is 18.0 Å². The number of hydrogen-bond donors (Lipinski definition) is 1. The Labute approximate surface area is 232 Å². The standard InChI is InChI=1S/C31H39N3O4S/c1-6-7-20-32-31(36)26(5)33(21-27-16-12-11-14-24(27)3)30(35)22-34(29-19-13-15-23(2)25(29)4)39(37,38)28-17-9-8-10-18-28/h8-19,26H,6-7,20-22H2,1-5H3,(H,32,36)/t26-/m0/s1.